The first kappa shape index (κ1) is 122. The molecule has 1 N–H and O–H groups in total. The van der Waals surface area contributed by atoms with Crippen molar-refractivity contribution in [3.05, 3.63) is 327 Å². The van der Waals surface area contributed by atoms with E-state index in [0.29, 0.717) is 34.6 Å². The molecular weight excluding hydrogens is 1960 g/mol. The summed E-state index contributed by atoms with van der Waals surface area (Å²) in [6.07, 6.45) is 4.18. The van der Waals surface area contributed by atoms with Crippen LogP contribution in [0.1, 0.15) is 155 Å². The van der Waals surface area contributed by atoms with Gasteiger partial charge in [-0.25, -0.2) is 48.7 Å². The number of nitrogens with zero attached hydrogens (tertiary/aromatic N) is 5. The molecule has 0 amide bonds. The fraction of sp³-hybridized carbons (Fsp3) is 0.306. The third-order valence-corrected chi connectivity index (χ3v) is 18.7. The van der Waals surface area contributed by atoms with Gasteiger partial charge in [0.25, 0.3) is 0 Å². The average Bonchev–Trinajstić information content (AvgIpc) is 0.762. The molecule has 0 radical (unpaired) electrons. The molecule has 738 valence electrons. The number of benzene rings is 5. The van der Waals surface area contributed by atoms with Crippen LogP contribution in [-0.2, 0) is 132 Å². The van der Waals surface area contributed by atoms with Crippen LogP contribution in [0.3, 0.4) is 0 Å². The van der Waals surface area contributed by atoms with Gasteiger partial charge in [0.1, 0.15) is 76.3 Å². The zero-order valence-corrected chi connectivity index (χ0v) is 82.4. The first-order valence-corrected chi connectivity index (χ1v) is 43.5. The predicted octanol–water partition coefficient (Wildman–Crippen LogP) is 13.2. The van der Waals surface area contributed by atoms with Gasteiger partial charge < -0.3 is 52.9 Å². The van der Waals surface area contributed by atoms with E-state index in [1.807, 2.05) is 0 Å². The Morgan fingerprint density at radius 1 is 0.360 bits per heavy atom. The molecule has 0 fully saturated rings. The predicted molar refractivity (Wildman–Crippen MR) is 478 cm³/mol. The van der Waals surface area contributed by atoms with Crippen LogP contribution in [0.5, 0.6) is 0 Å². The number of carbonyl (C=O) groups excluding carboxylic acids is 12. The van der Waals surface area contributed by atoms with Crippen LogP contribution in [0.15, 0.2) is 213 Å². The number of carboxylic acid groups (broad SMARTS) is 2. The van der Waals surface area contributed by atoms with Crippen LogP contribution in [0, 0.1) is 64.1 Å². The van der Waals surface area contributed by atoms with Crippen molar-refractivity contribution in [1.82, 2.24) is 24.9 Å². The average molecular weight is 2060 g/mol. The van der Waals surface area contributed by atoms with Gasteiger partial charge >= 0.3 is 105 Å². The monoisotopic (exact) mass is 2060 g/mol. The minimum absolute atomic E-state index is 0. The Labute approximate surface area is 849 Å². The summed E-state index contributed by atoms with van der Waals surface area (Å²) in [5.74, 6) is -20.2. The van der Waals surface area contributed by atoms with Gasteiger partial charge in [0.05, 0.1) is 124 Å². The first-order valence-electron chi connectivity index (χ1n) is 42.0. The van der Waals surface area contributed by atoms with E-state index in [2.05, 4.69) is 45.6 Å². The van der Waals surface area contributed by atoms with E-state index >= 15 is 0 Å². The smallest absolute Gasteiger partial charge is 0.550 e. The van der Waals surface area contributed by atoms with E-state index in [1.165, 1.54) is 146 Å². The van der Waals surface area contributed by atoms with Crippen molar-refractivity contribution >= 4 is 104 Å². The van der Waals surface area contributed by atoms with Gasteiger partial charge in [0.2, 0.25) is 11.3 Å². The SMILES string of the molecule is CC(=O)CC(=O)[O-].CCOC(=O)C(C(=O)OCC)C(=O)C(Cc1ccc(F)cc1)c1ccc(F)cn1.CCOC(=O)C(C(=O)OCC)c1ccc(F)cn1.CCOC(=O)C(Cc1ccc(F)cc1)(C(=O)OCC)c1ccc(F)cn1.CCOC(=O)CC(=O)C(Cc1ccc(F)cc1)c1ccc(F)cn1.CCOC(=O)Cl.Fc1ccc(CBr)cc1.O=C(O)C(Cc1ccc(F)cc1)c1ccc(F)cn1.[K+]. The normalized spacial score (nSPS) is 10.9. The van der Waals surface area contributed by atoms with Gasteiger partial charge in [-0.1, -0.05) is 76.6 Å². The number of Topliss-reactive ketones (excluding diaryl/α,β-unsaturated/α-hetero) is 3. The van der Waals surface area contributed by atoms with Crippen LogP contribution in [0.2, 0.25) is 0 Å². The molecule has 0 aliphatic heterocycles. The second-order valence-corrected chi connectivity index (χ2v) is 28.9. The van der Waals surface area contributed by atoms with Gasteiger partial charge in [0, 0.05) is 35.7 Å². The number of esters is 7. The maximum atomic E-state index is 13.3. The van der Waals surface area contributed by atoms with Gasteiger partial charge in [-0.15, -0.1) is 0 Å². The summed E-state index contributed by atoms with van der Waals surface area (Å²) in [6.45, 7) is 14.9. The van der Waals surface area contributed by atoms with Gasteiger partial charge in [-0.3, -0.25) is 77.7 Å². The number of pyridine rings is 5. The first-order chi connectivity index (χ1) is 65.7. The molecule has 0 aliphatic rings. The Hall–Kier alpha value is -12.7. The molecular formula is C98H98BrClF10KN5O23. The molecule has 0 saturated carbocycles. The largest absolute Gasteiger partial charge is 1.00 e. The maximum Gasteiger partial charge on any atom is 1.00 e. The van der Waals surface area contributed by atoms with Crippen LogP contribution < -0.4 is 56.5 Å². The summed E-state index contributed by atoms with van der Waals surface area (Å²) in [5.41, 5.74) is 1.80. The molecule has 139 heavy (non-hydrogen) atoms. The number of ketones is 3. The van der Waals surface area contributed by atoms with E-state index in [-0.39, 0.29) is 175 Å². The Morgan fingerprint density at radius 2 is 0.655 bits per heavy atom. The summed E-state index contributed by atoms with van der Waals surface area (Å²) in [6, 6.07) is 40.7. The molecule has 5 aromatic carbocycles. The standard InChI is InChI=1S/C21H21F2NO5.C19H19F2NO4.C18H17F2NO3.C14H11F2NO2.C12H14FNO4.C7H6BrF.C4H6O3.C3H5ClO2.K/c1-3-28-20(26)18(21(27)29-4-2)19(25)16(17-10-9-15(23)12-24-17)11-13-5-7-14(22)8-6-13;1-3-25-17(23)19(18(24)26-4-2,16-10-9-15(21)12-22-16)11-13-5-7-14(20)8-6-13;1-2-24-18(23)10-17(22)15(16-8-7-14(20)11-21-16)9-12-3-5-13(19)6-4-12;15-10-3-1-9(2-4-10)7-12(14(18)19)13-6-5-11(16)8-17-13;1-3-17-11(15)10(12(16)18-4-2)9-6-5-8(13)7-14-9;8-5-6-1-3-7(9)4-2-6;1-3(5)2-4(6)7;1-2-6-3(4)5;/h5-10,12,16,18H,3-4,11H2,1-2H3;5-10,12H,3-4,11H2,1-2H3;3-8,11,15H,2,9-10H2,1H3;1-6,8,12H,7H2,(H,18,19);5-7,10H,3-4H2,1-2H3;1-4H,5H2;2H2,1H3,(H,6,7);2H2,1H3;/q;;;;;;;;+1/p-1. The third-order valence-electron chi connectivity index (χ3n) is 18.0. The number of halogens is 12. The second kappa shape index (κ2) is 66.7. The number of hydrogen-bond acceptors (Lipinski definition) is 27. The molecule has 28 nitrogen and oxygen atoms in total. The maximum absolute atomic E-state index is 13.3. The molecule has 0 aliphatic carbocycles. The number of rotatable bonds is 36. The number of aromatic nitrogens is 5. The van der Waals surface area contributed by atoms with Crippen molar-refractivity contribution in [2.24, 2.45) is 5.92 Å². The van der Waals surface area contributed by atoms with Crippen molar-refractivity contribution in [2.45, 2.75) is 135 Å². The number of ether oxygens (including phenoxy) is 8. The summed E-state index contributed by atoms with van der Waals surface area (Å²) in [4.78, 5) is 170. The molecule has 5 aromatic heterocycles. The molecule has 41 heteroatoms. The quantitative estimate of drug-likeness (QED) is 0.00724. The summed E-state index contributed by atoms with van der Waals surface area (Å²) in [5, 5.41) is 19.5. The van der Waals surface area contributed by atoms with E-state index < -0.39 is 154 Å². The minimum atomic E-state index is -1.92. The molecule has 10 aromatic rings. The van der Waals surface area contributed by atoms with Gasteiger partial charge in [-0.05, 0) is 231 Å². The second-order valence-electron chi connectivity index (χ2n) is 28.0. The van der Waals surface area contributed by atoms with Crippen molar-refractivity contribution in [1.29, 1.82) is 0 Å². The topological polar surface area (TPSA) is 403 Å². The van der Waals surface area contributed by atoms with Crippen LogP contribution in [0.4, 0.5) is 48.7 Å². The van der Waals surface area contributed by atoms with E-state index in [1.54, 1.807) is 79.7 Å². The van der Waals surface area contributed by atoms with Gasteiger partial charge in [0.15, 0.2) is 17.5 Å². The zero-order valence-electron chi connectivity index (χ0n) is 76.9. The van der Waals surface area contributed by atoms with E-state index in [4.69, 9.17) is 44.8 Å². The number of carbonyl (C=O) groups is 13. The molecule has 0 saturated heterocycles. The third kappa shape index (κ3) is 45.6. The number of alkyl halides is 1. The zero-order chi connectivity index (χ0) is 103. The van der Waals surface area contributed by atoms with E-state index in [0.717, 1.165) is 60.1 Å². The van der Waals surface area contributed by atoms with Crippen LogP contribution in [-0.4, -0.2) is 159 Å². The Morgan fingerprint density at radius 3 is 0.942 bits per heavy atom. The molecule has 10 rings (SSSR count). The Kier molecular flexibility index (Phi) is 58.7. The van der Waals surface area contributed by atoms with Crippen LogP contribution in [0.25, 0.3) is 0 Å². The fourth-order valence-corrected chi connectivity index (χ4v) is 12.2. The van der Waals surface area contributed by atoms with Crippen molar-refractivity contribution in [3.8, 4) is 0 Å². The van der Waals surface area contributed by atoms with Crippen LogP contribution >= 0.6 is 27.5 Å². The number of aliphatic carboxylic acids is 2. The Balaban J connectivity index is 0.000000558. The molecule has 5 heterocycles. The minimum Gasteiger partial charge on any atom is -0.550 e. The number of hydrogen-bond donors (Lipinski definition) is 1. The molecule has 0 spiro atoms. The van der Waals surface area contributed by atoms with Crippen molar-refractivity contribution < 1.29 is 206 Å². The molecule has 3 unspecified atom stereocenters. The van der Waals surface area contributed by atoms with Crippen molar-refractivity contribution in [3.63, 3.8) is 0 Å². The fourth-order valence-electron chi connectivity index (χ4n) is 11.7. The van der Waals surface area contributed by atoms with E-state index in [9.17, 15) is 116 Å². The molecule has 3 atom stereocenters. The number of carboxylic acids is 2. The summed E-state index contributed by atoms with van der Waals surface area (Å²) in [7, 11) is 0. The summed E-state index contributed by atoms with van der Waals surface area (Å²) < 4.78 is 168. The molecule has 0 bridgehead atoms. The van der Waals surface area contributed by atoms with Gasteiger partial charge in [-0.2, -0.15) is 0 Å². The Bertz CT molecular complexity index is 5450. The van der Waals surface area contributed by atoms with Crippen molar-refractivity contribution in [2.75, 3.05) is 52.9 Å². The summed E-state index contributed by atoms with van der Waals surface area (Å²) >= 11 is 7.98.